The lowest BCUT2D eigenvalue weighted by molar-refractivity contribution is -0.119. The molecule has 106 valence electrons. The first-order valence-corrected chi connectivity index (χ1v) is 6.91. The second kappa shape index (κ2) is 8.90. The molecular formula is C13H18FNO3S. The number of benzene rings is 1. The molecule has 4 nitrogen and oxygen atoms in total. The minimum Gasteiger partial charge on any atom is -0.396 e. The molecule has 0 aliphatic rings. The molecule has 1 aromatic rings. The fourth-order valence-corrected chi connectivity index (χ4v) is 2.21. The number of rotatable bonds is 8. The summed E-state index contributed by atoms with van der Waals surface area (Å²) in [4.78, 5) is 12.5. The number of nitrogens with one attached hydrogen (secondary N) is 1. The minimum absolute atomic E-state index is 0.000584. The van der Waals surface area contributed by atoms with E-state index in [4.69, 9.17) is 9.84 Å². The van der Waals surface area contributed by atoms with Gasteiger partial charge in [-0.3, -0.25) is 4.79 Å². The summed E-state index contributed by atoms with van der Waals surface area (Å²) in [6.45, 7) is 0.368. The molecule has 6 heteroatoms. The number of aliphatic hydroxyl groups excluding tert-OH is 1. The van der Waals surface area contributed by atoms with E-state index in [9.17, 15) is 9.18 Å². The van der Waals surface area contributed by atoms with E-state index >= 15 is 0 Å². The highest BCUT2D eigenvalue weighted by Gasteiger charge is 2.11. The Morgan fingerprint density at radius 2 is 2.16 bits per heavy atom. The predicted octanol–water partition coefficient (Wildman–Crippen LogP) is 1.43. The summed E-state index contributed by atoms with van der Waals surface area (Å²) < 4.78 is 17.7. The molecule has 0 saturated carbocycles. The van der Waals surface area contributed by atoms with Crippen LogP contribution < -0.4 is 5.32 Å². The van der Waals surface area contributed by atoms with Crippen LogP contribution in [0.4, 0.5) is 4.39 Å². The molecule has 1 aromatic carbocycles. The first-order valence-electron chi connectivity index (χ1n) is 5.93. The van der Waals surface area contributed by atoms with Crippen LogP contribution in [0.2, 0.25) is 0 Å². The lowest BCUT2D eigenvalue weighted by atomic mass is 10.2. The maximum Gasteiger partial charge on any atom is 0.230 e. The van der Waals surface area contributed by atoms with Gasteiger partial charge in [-0.25, -0.2) is 4.39 Å². The van der Waals surface area contributed by atoms with Crippen molar-refractivity contribution < 1.29 is 19.0 Å². The van der Waals surface area contributed by atoms with Crippen LogP contribution in [0.3, 0.4) is 0 Å². The van der Waals surface area contributed by atoms with Crippen LogP contribution in [-0.4, -0.2) is 43.1 Å². The molecule has 0 fully saturated rings. The molecule has 1 unspecified atom stereocenters. The van der Waals surface area contributed by atoms with Crippen molar-refractivity contribution >= 4 is 17.7 Å². The fraction of sp³-hybridized carbons (Fsp3) is 0.462. The molecule has 0 radical (unpaired) electrons. The Balaban J connectivity index is 2.35. The van der Waals surface area contributed by atoms with Gasteiger partial charge in [-0.2, -0.15) is 0 Å². The Bertz CT molecular complexity index is 380. The van der Waals surface area contributed by atoms with Gasteiger partial charge in [0.1, 0.15) is 5.82 Å². The summed E-state index contributed by atoms with van der Waals surface area (Å²) in [7, 11) is 1.55. The third kappa shape index (κ3) is 6.56. The van der Waals surface area contributed by atoms with E-state index in [1.807, 2.05) is 0 Å². The van der Waals surface area contributed by atoms with Crippen molar-refractivity contribution in [1.82, 2.24) is 5.32 Å². The average Bonchev–Trinajstić information content (AvgIpc) is 2.39. The van der Waals surface area contributed by atoms with Crippen molar-refractivity contribution in [3.8, 4) is 0 Å². The van der Waals surface area contributed by atoms with Crippen molar-refractivity contribution in [2.45, 2.75) is 17.4 Å². The standard InChI is InChI=1S/C13H18FNO3S/c1-18-8-11(6-7-16)15-13(17)9-19-12-4-2-10(14)3-5-12/h2-5,11,16H,6-9H2,1H3,(H,15,17). The fourth-order valence-electron chi connectivity index (χ4n) is 1.50. The third-order valence-corrected chi connectivity index (χ3v) is 3.41. The van der Waals surface area contributed by atoms with Crippen molar-refractivity contribution in [3.63, 3.8) is 0 Å². The topological polar surface area (TPSA) is 58.6 Å². The van der Waals surface area contributed by atoms with E-state index in [1.165, 1.54) is 23.9 Å². The zero-order valence-electron chi connectivity index (χ0n) is 10.8. The molecule has 0 heterocycles. The van der Waals surface area contributed by atoms with E-state index in [0.29, 0.717) is 13.0 Å². The average molecular weight is 287 g/mol. The van der Waals surface area contributed by atoms with Crippen molar-refractivity contribution in [2.75, 3.05) is 26.1 Å². The Morgan fingerprint density at radius 1 is 1.47 bits per heavy atom. The van der Waals surface area contributed by atoms with Gasteiger partial charge >= 0.3 is 0 Å². The molecule has 0 aliphatic carbocycles. The predicted molar refractivity (Wildman–Crippen MR) is 72.6 cm³/mol. The van der Waals surface area contributed by atoms with E-state index in [1.54, 1.807) is 19.2 Å². The van der Waals surface area contributed by atoms with Gasteiger partial charge in [-0.15, -0.1) is 11.8 Å². The zero-order valence-corrected chi connectivity index (χ0v) is 11.6. The number of carbonyl (C=O) groups is 1. The number of amides is 1. The summed E-state index contributed by atoms with van der Waals surface area (Å²) in [6, 6.07) is 5.80. The van der Waals surface area contributed by atoms with Crippen molar-refractivity contribution in [1.29, 1.82) is 0 Å². The van der Waals surface area contributed by atoms with Gasteiger partial charge in [0.25, 0.3) is 0 Å². The van der Waals surface area contributed by atoms with Crippen LogP contribution in [0.25, 0.3) is 0 Å². The first kappa shape index (κ1) is 15.9. The van der Waals surface area contributed by atoms with Gasteiger partial charge < -0.3 is 15.2 Å². The first-order chi connectivity index (χ1) is 9.15. The molecule has 2 N–H and O–H groups in total. The van der Waals surface area contributed by atoms with Gasteiger partial charge in [-0.1, -0.05) is 0 Å². The Morgan fingerprint density at radius 3 is 2.74 bits per heavy atom. The number of hydrogen-bond acceptors (Lipinski definition) is 4. The molecule has 0 aliphatic heterocycles. The van der Waals surface area contributed by atoms with Gasteiger partial charge in [0.05, 0.1) is 18.4 Å². The number of thioether (sulfide) groups is 1. The molecule has 0 spiro atoms. The molecule has 19 heavy (non-hydrogen) atoms. The van der Waals surface area contributed by atoms with Crippen LogP contribution in [0.15, 0.2) is 29.2 Å². The number of ether oxygens (including phenoxy) is 1. The van der Waals surface area contributed by atoms with Gasteiger partial charge in [0.2, 0.25) is 5.91 Å². The molecule has 1 rings (SSSR count). The van der Waals surface area contributed by atoms with Crippen LogP contribution in [0, 0.1) is 5.82 Å². The molecule has 1 amide bonds. The highest BCUT2D eigenvalue weighted by Crippen LogP contribution is 2.17. The van der Waals surface area contributed by atoms with E-state index in [0.717, 1.165) is 4.90 Å². The quantitative estimate of drug-likeness (QED) is 0.710. The van der Waals surface area contributed by atoms with Crippen LogP contribution in [-0.2, 0) is 9.53 Å². The third-order valence-electron chi connectivity index (χ3n) is 2.39. The highest BCUT2D eigenvalue weighted by atomic mass is 32.2. The van der Waals surface area contributed by atoms with Crippen molar-refractivity contribution in [3.05, 3.63) is 30.1 Å². The van der Waals surface area contributed by atoms with Crippen LogP contribution in [0.5, 0.6) is 0 Å². The molecule has 0 aromatic heterocycles. The normalized spacial score (nSPS) is 12.2. The Kier molecular flexibility index (Phi) is 7.47. The molecule has 1 atom stereocenters. The highest BCUT2D eigenvalue weighted by molar-refractivity contribution is 8.00. The summed E-state index contributed by atoms with van der Waals surface area (Å²) in [5, 5.41) is 11.6. The lowest BCUT2D eigenvalue weighted by Gasteiger charge is -2.16. The zero-order chi connectivity index (χ0) is 14.1. The summed E-state index contributed by atoms with van der Waals surface area (Å²) in [6.07, 6.45) is 0.459. The molecule has 0 bridgehead atoms. The van der Waals surface area contributed by atoms with Crippen molar-refractivity contribution in [2.24, 2.45) is 0 Å². The number of methoxy groups -OCH3 is 1. The second-order valence-corrected chi connectivity index (χ2v) is 5.02. The monoisotopic (exact) mass is 287 g/mol. The smallest absolute Gasteiger partial charge is 0.230 e. The largest absolute Gasteiger partial charge is 0.396 e. The van der Waals surface area contributed by atoms with Gasteiger partial charge in [0.15, 0.2) is 0 Å². The lowest BCUT2D eigenvalue weighted by Crippen LogP contribution is -2.39. The van der Waals surface area contributed by atoms with Crippen LogP contribution in [0.1, 0.15) is 6.42 Å². The maximum atomic E-state index is 12.7. The SMILES string of the molecule is COCC(CCO)NC(=O)CSc1ccc(F)cc1. The number of aliphatic hydroxyl groups is 1. The summed E-state index contributed by atoms with van der Waals surface area (Å²) >= 11 is 1.33. The number of carbonyl (C=O) groups excluding carboxylic acids is 1. The molecule has 0 saturated heterocycles. The number of halogens is 1. The number of hydrogen-bond donors (Lipinski definition) is 2. The van der Waals surface area contributed by atoms with Gasteiger partial charge in [0, 0.05) is 18.6 Å². The maximum absolute atomic E-state index is 12.7. The Hall–Kier alpha value is -1.11. The molecular weight excluding hydrogens is 269 g/mol. The summed E-state index contributed by atoms with van der Waals surface area (Å²) in [5.74, 6) is -0.182. The van der Waals surface area contributed by atoms with E-state index < -0.39 is 0 Å². The second-order valence-electron chi connectivity index (χ2n) is 3.97. The van der Waals surface area contributed by atoms with E-state index in [-0.39, 0.29) is 30.1 Å². The van der Waals surface area contributed by atoms with Gasteiger partial charge in [-0.05, 0) is 30.7 Å². The van der Waals surface area contributed by atoms with Crippen LogP contribution >= 0.6 is 11.8 Å². The van der Waals surface area contributed by atoms with E-state index in [2.05, 4.69) is 5.32 Å². The Labute approximate surface area is 116 Å². The minimum atomic E-state index is -0.295. The summed E-state index contributed by atoms with van der Waals surface area (Å²) in [5.41, 5.74) is 0.